The first-order valence-electron chi connectivity index (χ1n) is 7.27. The van der Waals surface area contributed by atoms with E-state index in [1.54, 1.807) is 0 Å². The summed E-state index contributed by atoms with van der Waals surface area (Å²) in [4.78, 5) is 0. The minimum absolute atomic E-state index is 0.259. The van der Waals surface area contributed by atoms with Gasteiger partial charge in [-0.2, -0.15) is 5.10 Å². The van der Waals surface area contributed by atoms with Gasteiger partial charge in [0.1, 0.15) is 0 Å². The zero-order valence-electron chi connectivity index (χ0n) is 11.9. The summed E-state index contributed by atoms with van der Waals surface area (Å²) < 4.78 is 2.20. The van der Waals surface area contributed by atoms with Crippen molar-refractivity contribution in [2.75, 3.05) is 10.7 Å². The normalized spacial score (nSPS) is 17.5. The molecule has 1 saturated carbocycles. The Hall–Kier alpha value is 0.170. The van der Waals surface area contributed by atoms with E-state index in [1.165, 1.54) is 31.4 Å². The standard InChI is InChI=1S/C15H24Br2N2/c1-12(2)15(10-16,11-17)9-13-7-8-19(18-13)14-5-3-4-6-14/h7-8,12,14H,3-6,9-11H2,1-2H3. The van der Waals surface area contributed by atoms with Gasteiger partial charge in [0, 0.05) is 16.9 Å². The van der Waals surface area contributed by atoms with Crippen LogP contribution in [0, 0.1) is 11.3 Å². The highest BCUT2D eigenvalue weighted by Crippen LogP contribution is 2.36. The van der Waals surface area contributed by atoms with E-state index in [0.29, 0.717) is 12.0 Å². The third-order valence-corrected chi connectivity index (χ3v) is 6.89. The summed E-state index contributed by atoms with van der Waals surface area (Å²) in [7, 11) is 0. The van der Waals surface area contributed by atoms with E-state index in [9.17, 15) is 0 Å². The van der Waals surface area contributed by atoms with Gasteiger partial charge in [0.05, 0.1) is 11.7 Å². The van der Waals surface area contributed by atoms with Crippen LogP contribution in [0.4, 0.5) is 0 Å². The SMILES string of the molecule is CC(C)C(CBr)(CBr)Cc1ccn(C2CCCC2)n1. The molecule has 0 radical (unpaired) electrons. The van der Waals surface area contributed by atoms with Gasteiger partial charge >= 0.3 is 0 Å². The summed E-state index contributed by atoms with van der Waals surface area (Å²) in [6.45, 7) is 4.60. The van der Waals surface area contributed by atoms with Crippen molar-refractivity contribution in [1.29, 1.82) is 0 Å². The number of rotatable bonds is 6. The fourth-order valence-corrected chi connectivity index (χ4v) is 5.47. The Balaban J connectivity index is 2.09. The molecule has 4 heteroatoms. The second-order valence-electron chi connectivity index (χ2n) is 6.19. The van der Waals surface area contributed by atoms with Crippen LogP contribution >= 0.6 is 31.9 Å². The molecule has 0 aliphatic heterocycles. The molecule has 2 nitrogen and oxygen atoms in total. The second-order valence-corrected chi connectivity index (χ2v) is 7.31. The molecule has 0 amide bonds. The minimum Gasteiger partial charge on any atom is -0.269 e. The monoisotopic (exact) mass is 390 g/mol. The number of alkyl halides is 2. The molecule has 1 aliphatic rings. The maximum absolute atomic E-state index is 4.83. The first-order valence-corrected chi connectivity index (χ1v) is 9.51. The van der Waals surface area contributed by atoms with Crippen LogP contribution in [0.25, 0.3) is 0 Å². The lowest BCUT2D eigenvalue weighted by Gasteiger charge is -2.33. The van der Waals surface area contributed by atoms with Crippen molar-refractivity contribution < 1.29 is 0 Å². The third-order valence-electron chi connectivity index (χ3n) is 4.65. The maximum atomic E-state index is 4.83. The molecule has 19 heavy (non-hydrogen) atoms. The highest BCUT2D eigenvalue weighted by Gasteiger charge is 2.33. The maximum Gasteiger partial charge on any atom is 0.0630 e. The Kier molecular flexibility index (Phi) is 5.53. The number of hydrogen-bond acceptors (Lipinski definition) is 1. The van der Waals surface area contributed by atoms with E-state index >= 15 is 0 Å². The smallest absolute Gasteiger partial charge is 0.0630 e. The number of nitrogens with zero attached hydrogens (tertiary/aromatic N) is 2. The minimum atomic E-state index is 0.259. The number of aromatic nitrogens is 2. The average Bonchev–Trinajstić information content (AvgIpc) is 3.06. The molecule has 0 unspecified atom stereocenters. The fourth-order valence-electron chi connectivity index (χ4n) is 2.85. The van der Waals surface area contributed by atoms with E-state index < -0.39 is 0 Å². The van der Waals surface area contributed by atoms with Crippen LogP contribution in [0.2, 0.25) is 0 Å². The summed E-state index contributed by atoms with van der Waals surface area (Å²) in [5, 5.41) is 6.86. The first kappa shape index (κ1) is 15.6. The molecule has 2 rings (SSSR count). The quantitative estimate of drug-likeness (QED) is 0.625. The molecule has 1 heterocycles. The third kappa shape index (κ3) is 3.44. The number of hydrogen-bond donors (Lipinski definition) is 0. The van der Waals surface area contributed by atoms with Crippen molar-refractivity contribution >= 4 is 31.9 Å². The Bertz CT molecular complexity index is 391. The van der Waals surface area contributed by atoms with Crippen LogP contribution in [0.15, 0.2) is 12.3 Å². The Morgan fingerprint density at radius 3 is 2.47 bits per heavy atom. The van der Waals surface area contributed by atoms with E-state index in [4.69, 9.17) is 5.10 Å². The van der Waals surface area contributed by atoms with Crippen molar-refractivity contribution in [2.45, 2.75) is 52.0 Å². The molecule has 0 N–H and O–H groups in total. The molecule has 0 atom stereocenters. The molecular formula is C15H24Br2N2. The van der Waals surface area contributed by atoms with E-state index in [2.05, 4.69) is 62.7 Å². The molecule has 1 fully saturated rings. The summed E-state index contributed by atoms with van der Waals surface area (Å²) in [5.74, 6) is 0.628. The molecule has 108 valence electrons. The predicted molar refractivity (Wildman–Crippen MR) is 88.3 cm³/mol. The van der Waals surface area contributed by atoms with Crippen molar-refractivity contribution in [3.05, 3.63) is 18.0 Å². The molecule has 1 aromatic heterocycles. The Morgan fingerprint density at radius 1 is 1.32 bits per heavy atom. The fraction of sp³-hybridized carbons (Fsp3) is 0.800. The van der Waals surface area contributed by atoms with Gasteiger partial charge in [-0.1, -0.05) is 58.5 Å². The molecule has 0 bridgehead atoms. The lowest BCUT2D eigenvalue weighted by atomic mass is 9.77. The van der Waals surface area contributed by atoms with Crippen LogP contribution in [-0.4, -0.2) is 20.4 Å². The van der Waals surface area contributed by atoms with Crippen molar-refractivity contribution in [2.24, 2.45) is 11.3 Å². The van der Waals surface area contributed by atoms with Gasteiger partial charge in [-0.25, -0.2) is 0 Å². The summed E-state index contributed by atoms with van der Waals surface area (Å²) in [6.07, 6.45) is 8.54. The highest BCUT2D eigenvalue weighted by atomic mass is 79.9. The van der Waals surface area contributed by atoms with Crippen LogP contribution in [0.3, 0.4) is 0 Å². The Labute approximate surface area is 133 Å². The first-order chi connectivity index (χ1) is 9.11. The molecule has 1 aliphatic carbocycles. The van der Waals surface area contributed by atoms with E-state index in [0.717, 1.165) is 17.1 Å². The summed E-state index contributed by atoms with van der Waals surface area (Å²) >= 11 is 7.40. The van der Waals surface area contributed by atoms with Crippen LogP contribution in [0.1, 0.15) is 51.3 Å². The Morgan fingerprint density at radius 2 is 1.95 bits per heavy atom. The van der Waals surface area contributed by atoms with Crippen LogP contribution in [-0.2, 0) is 6.42 Å². The summed E-state index contributed by atoms with van der Waals surface area (Å²) in [6, 6.07) is 2.86. The van der Waals surface area contributed by atoms with Crippen LogP contribution in [0.5, 0.6) is 0 Å². The zero-order valence-corrected chi connectivity index (χ0v) is 15.1. The van der Waals surface area contributed by atoms with Gasteiger partial charge in [0.2, 0.25) is 0 Å². The lowest BCUT2D eigenvalue weighted by molar-refractivity contribution is 0.264. The van der Waals surface area contributed by atoms with Crippen molar-refractivity contribution in [3.8, 4) is 0 Å². The van der Waals surface area contributed by atoms with Gasteiger partial charge in [0.25, 0.3) is 0 Å². The molecular weight excluding hydrogens is 368 g/mol. The van der Waals surface area contributed by atoms with Crippen molar-refractivity contribution in [1.82, 2.24) is 9.78 Å². The van der Waals surface area contributed by atoms with Crippen LogP contribution < -0.4 is 0 Å². The average molecular weight is 392 g/mol. The lowest BCUT2D eigenvalue weighted by Crippen LogP contribution is -2.33. The van der Waals surface area contributed by atoms with Crippen molar-refractivity contribution in [3.63, 3.8) is 0 Å². The van der Waals surface area contributed by atoms with Gasteiger partial charge in [0.15, 0.2) is 0 Å². The molecule has 1 aromatic rings. The van der Waals surface area contributed by atoms with Gasteiger partial charge in [-0.15, -0.1) is 0 Å². The summed E-state index contributed by atoms with van der Waals surface area (Å²) in [5.41, 5.74) is 1.49. The van der Waals surface area contributed by atoms with Gasteiger partial charge in [-0.05, 0) is 36.7 Å². The topological polar surface area (TPSA) is 17.8 Å². The van der Waals surface area contributed by atoms with Gasteiger partial charge in [-0.3, -0.25) is 4.68 Å². The van der Waals surface area contributed by atoms with Gasteiger partial charge < -0.3 is 0 Å². The predicted octanol–water partition coefficient (Wildman–Crippen LogP) is 4.97. The largest absolute Gasteiger partial charge is 0.269 e. The molecule has 0 spiro atoms. The second kappa shape index (κ2) is 6.75. The zero-order chi connectivity index (χ0) is 13.9. The number of halogens is 2. The van der Waals surface area contributed by atoms with E-state index in [-0.39, 0.29) is 5.41 Å². The molecule has 0 aromatic carbocycles. The molecule has 0 saturated heterocycles. The van der Waals surface area contributed by atoms with E-state index in [1.807, 2.05) is 0 Å². The highest BCUT2D eigenvalue weighted by molar-refractivity contribution is 9.09.